The van der Waals surface area contributed by atoms with E-state index < -0.39 is 17.9 Å². The Morgan fingerprint density at radius 3 is 2.29 bits per heavy atom. The molecule has 0 bridgehead atoms. The Morgan fingerprint density at radius 2 is 1.93 bits per heavy atom. The van der Waals surface area contributed by atoms with Crippen molar-refractivity contribution in [3.8, 4) is 0 Å². The maximum atomic E-state index is 11.2. The third-order valence-electron chi connectivity index (χ3n) is 1.38. The number of aliphatic hydroxyl groups is 1. The summed E-state index contributed by atoms with van der Waals surface area (Å²) in [6.45, 7) is 9.28. The molecule has 0 aromatic rings. The molecule has 0 aliphatic rings. The molecule has 0 saturated heterocycles. The highest BCUT2D eigenvalue weighted by molar-refractivity contribution is 5.67. The third-order valence-corrected chi connectivity index (χ3v) is 1.38. The fraction of sp³-hybridized carbons (Fsp3) is 0.900. The Balaban J connectivity index is 3.83. The van der Waals surface area contributed by atoms with Gasteiger partial charge in [0, 0.05) is 0 Å². The van der Waals surface area contributed by atoms with Gasteiger partial charge >= 0.3 is 6.09 Å². The number of rotatable bonds is 3. The number of aliphatic hydroxyl groups excluding tert-OH is 1. The Hall–Kier alpha value is -0.770. The molecule has 1 atom stereocenters. The molecule has 0 heterocycles. The Kier molecular flexibility index (Phi) is 4.91. The van der Waals surface area contributed by atoms with Gasteiger partial charge < -0.3 is 9.84 Å². The van der Waals surface area contributed by atoms with Crippen LogP contribution >= 0.6 is 0 Å². The fourth-order valence-corrected chi connectivity index (χ4v) is 0.949. The second-order valence-electron chi connectivity index (χ2n) is 4.79. The van der Waals surface area contributed by atoms with E-state index in [2.05, 4.69) is 5.32 Å². The van der Waals surface area contributed by atoms with Gasteiger partial charge in [-0.2, -0.15) is 0 Å². The van der Waals surface area contributed by atoms with Gasteiger partial charge in [0.1, 0.15) is 11.8 Å². The number of ether oxygens (including phenoxy) is 1. The summed E-state index contributed by atoms with van der Waals surface area (Å²) in [5.41, 5.74) is -0.526. The van der Waals surface area contributed by atoms with E-state index in [1.807, 2.05) is 13.8 Å². The molecule has 0 saturated carbocycles. The molecule has 1 amide bonds. The molecule has 4 heteroatoms. The Morgan fingerprint density at radius 1 is 1.43 bits per heavy atom. The van der Waals surface area contributed by atoms with E-state index in [4.69, 9.17) is 4.74 Å². The van der Waals surface area contributed by atoms with Crippen LogP contribution in [0.5, 0.6) is 0 Å². The number of carbonyl (C=O) groups excluding carboxylic acids is 1. The highest BCUT2D eigenvalue weighted by Crippen LogP contribution is 2.08. The summed E-state index contributed by atoms with van der Waals surface area (Å²) in [4.78, 5) is 11.2. The monoisotopic (exact) mass is 203 g/mol. The van der Waals surface area contributed by atoms with Crippen molar-refractivity contribution in [2.45, 2.75) is 52.9 Å². The maximum Gasteiger partial charge on any atom is 0.409 e. The van der Waals surface area contributed by atoms with E-state index >= 15 is 0 Å². The zero-order chi connectivity index (χ0) is 11.4. The molecule has 0 aliphatic heterocycles. The van der Waals surface area contributed by atoms with Crippen LogP contribution in [0.25, 0.3) is 0 Å². The van der Waals surface area contributed by atoms with Gasteiger partial charge in [0.15, 0.2) is 0 Å². The van der Waals surface area contributed by atoms with E-state index in [9.17, 15) is 9.90 Å². The first-order valence-corrected chi connectivity index (χ1v) is 4.88. The van der Waals surface area contributed by atoms with Crippen molar-refractivity contribution in [1.82, 2.24) is 5.32 Å². The van der Waals surface area contributed by atoms with Gasteiger partial charge in [-0.3, -0.25) is 5.32 Å². The largest absolute Gasteiger partial charge is 0.444 e. The average Bonchev–Trinajstić information content (AvgIpc) is 1.77. The number of alkyl carbamates (subject to hydrolysis) is 1. The minimum absolute atomic E-state index is 0.333. The van der Waals surface area contributed by atoms with Gasteiger partial charge in [-0.1, -0.05) is 13.8 Å². The van der Waals surface area contributed by atoms with Crippen molar-refractivity contribution in [2.75, 3.05) is 0 Å². The third kappa shape index (κ3) is 7.86. The van der Waals surface area contributed by atoms with Crippen molar-refractivity contribution in [2.24, 2.45) is 5.92 Å². The van der Waals surface area contributed by atoms with Crippen molar-refractivity contribution in [3.63, 3.8) is 0 Å². The number of hydrogen-bond acceptors (Lipinski definition) is 3. The van der Waals surface area contributed by atoms with Crippen LogP contribution < -0.4 is 5.32 Å². The van der Waals surface area contributed by atoms with Crippen LogP contribution in [0.3, 0.4) is 0 Å². The summed E-state index contributed by atoms with van der Waals surface area (Å²) >= 11 is 0. The average molecular weight is 203 g/mol. The smallest absolute Gasteiger partial charge is 0.409 e. The lowest BCUT2D eigenvalue weighted by Crippen LogP contribution is -2.39. The van der Waals surface area contributed by atoms with Gasteiger partial charge in [-0.25, -0.2) is 4.79 Å². The first-order chi connectivity index (χ1) is 6.20. The topological polar surface area (TPSA) is 58.6 Å². The minimum Gasteiger partial charge on any atom is -0.444 e. The highest BCUT2D eigenvalue weighted by Gasteiger charge is 2.18. The van der Waals surface area contributed by atoms with E-state index in [1.165, 1.54) is 0 Å². The van der Waals surface area contributed by atoms with Crippen LogP contribution in [0.15, 0.2) is 0 Å². The molecule has 0 aliphatic carbocycles. The lowest BCUT2D eigenvalue weighted by molar-refractivity contribution is 0.0324. The summed E-state index contributed by atoms with van der Waals surface area (Å²) in [6, 6.07) is 0. The van der Waals surface area contributed by atoms with Gasteiger partial charge in [-0.05, 0) is 33.1 Å². The molecule has 0 rings (SSSR count). The Bertz CT molecular complexity index is 184. The van der Waals surface area contributed by atoms with E-state index in [0.717, 1.165) is 0 Å². The number of nitrogens with one attached hydrogen (secondary N) is 1. The molecule has 0 aromatic heterocycles. The zero-order valence-corrected chi connectivity index (χ0v) is 9.63. The SMILES string of the molecule is CC(C)C[C@@H](O)NC(=O)OC(C)(C)C. The molecule has 0 fully saturated rings. The normalized spacial score (nSPS) is 13.9. The van der Waals surface area contributed by atoms with Gasteiger partial charge in [0.2, 0.25) is 0 Å². The summed E-state index contributed by atoms with van der Waals surface area (Å²) in [5, 5.41) is 11.7. The van der Waals surface area contributed by atoms with Gasteiger partial charge in [-0.15, -0.1) is 0 Å². The maximum absolute atomic E-state index is 11.2. The van der Waals surface area contributed by atoms with Crippen LogP contribution in [-0.4, -0.2) is 23.0 Å². The summed E-state index contributed by atoms with van der Waals surface area (Å²) < 4.78 is 4.98. The molecule has 14 heavy (non-hydrogen) atoms. The molecular weight excluding hydrogens is 182 g/mol. The van der Waals surface area contributed by atoms with Crippen molar-refractivity contribution < 1.29 is 14.6 Å². The minimum atomic E-state index is -0.829. The summed E-state index contributed by atoms with van der Waals surface area (Å²) in [7, 11) is 0. The Labute approximate surface area is 85.6 Å². The van der Waals surface area contributed by atoms with Crippen molar-refractivity contribution in [1.29, 1.82) is 0 Å². The lowest BCUT2D eigenvalue weighted by atomic mass is 10.1. The summed E-state index contributed by atoms with van der Waals surface area (Å²) in [5.74, 6) is 0.333. The molecule has 0 spiro atoms. The van der Waals surface area contributed by atoms with Crippen LogP contribution in [0, 0.1) is 5.92 Å². The lowest BCUT2D eigenvalue weighted by Gasteiger charge is -2.21. The zero-order valence-electron chi connectivity index (χ0n) is 9.63. The van der Waals surface area contributed by atoms with E-state index in [1.54, 1.807) is 20.8 Å². The molecule has 2 N–H and O–H groups in total. The standard InChI is InChI=1S/C10H21NO3/c1-7(2)6-8(12)11-9(13)14-10(3,4)5/h7-8,12H,6H2,1-5H3,(H,11,13)/t8-/m1/s1. The molecular formula is C10H21NO3. The van der Waals surface area contributed by atoms with Gasteiger partial charge in [0.25, 0.3) is 0 Å². The van der Waals surface area contributed by atoms with Crippen molar-refractivity contribution >= 4 is 6.09 Å². The highest BCUT2D eigenvalue weighted by atomic mass is 16.6. The molecule has 84 valence electrons. The number of hydrogen-bond donors (Lipinski definition) is 2. The molecule has 0 unspecified atom stereocenters. The molecule has 4 nitrogen and oxygen atoms in total. The van der Waals surface area contributed by atoms with Crippen LogP contribution in [-0.2, 0) is 4.74 Å². The summed E-state index contributed by atoms with van der Waals surface area (Å²) in [6.07, 6.45) is -0.880. The molecule has 0 radical (unpaired) electrons. The second kappa shape index (κ2) is 5.20. The van der Waals surface area contributed by atoms with Gasteiger partial charge in [0.05, 0.1) is 0 Å². The van der Waals surface area contributed by atoms with E-state index in [0.29, 0.717) is 12.3 Å². The van der Waals surface area contributed by atoms with E-state index in [-0.39, 0.29) is 0 Å². The molecule has 0 aromatic carbocycles. The van der Waals surface area contributed by atoms with Crippen LogP contribution in [0.2, 0.25) is 0 Å². The quantitative estimate of drug-likeness (QED) is 0.688. The second-order valence-corrected chi connectivity index (χ2v) is 4.79. The van der Waals surface area contributed by atoms with Crippen molar-refractivity contribution in [3.05, 3.63) is 0 Å². The predicted molar refractivity (Wildman–Crippen MR) is 54.8 cm³/mol. The number of carbonyl (C=O) groups is 1. The fourth-order valence-electron chi connectivity index (χ4n) is 0.949. The first kappa shape index (κ1) is 13.2. The van der Waals surface area contributed by atoms with Crippen LogP contribution in [0.4, 0.5) is 4.79 Å². The predicted octanol–water partition coefficient (Wildman–Crippen LogP) is 1.88. The first-order valence-electron chi connectivity index (χ1n) is 4.88. The number of amides is 1. The van der Waals surface area contributed by atoms with Crippen LogP contribution in [0.1, 0.15) is 41.0 Å².